The molecule has 0 spiro atoms. The van der Waals surface area contributed by atoms with E-state index >= 15 is 0 Å². The standard InChI is InChI=1S/C23H35NO5S/c1-15(2)7-5-8-16(3)9-6-10-17(4)11-12-30-14-20(23(28)29)24-21(25)18-13-19(18)22(26)27/h7,9,11,18-20H,5-6,8,10,12-14H2,1-4H3,(H,24,25)(H,26,27)(H,28,29)/b16-9+,17-11+/t18-,19?,20-/m0/s1. The lowest BCUT2D eigenvalue weighted by atomic mass is 10.1. The molecule has 1 rings (SSSR count). The summed E-state index contributed by atoms with van der Waals surface area (Å²) in [7, 11) is 0. The molecule has 3 atom stereocenters. The van der Waals surface area contributed by atoms with E-state index in [1.54, 1.807) is 0 Å². The average Bonchev–Trinajstić information content (AvgIpc) is 3.44. The van der Waals surface area contributed by atoms with E-state index < -0.39 is 35.7 Å². The fourth-order valence-electron chi connectivity index (χ4n) is 2.94. The Balaban J connectivity index is 2.30. The summed E-state index contributed by atoms with van der Waals surface area (Å²) in [5.74, 6) is -2.94. The number of thioether (sulfide) groups is 1. The second-order valence-electron chi connectivity index (χ2n) is 8.18. The maximum Gasteiger partial charge on any atom is 0.327 e. The minimum absolute atomic E-state index is 0.249. The summed E-state index contributed by atoms with van der Waals surface area (Å²) in [5.41, 5.74) is 4.00. The number of rotatable bonds is 14. The molecule has 3 N–H and O–H groups in total. The average molecular weight is 438 g/mol. The second-order valence-corrected chi connectivity index (χ2v) is 9.26. The van der Waals surface area contributed by atoms with E-state index in [9.17, 15) is 19.5 Å². The van der Waals surface area contributed by atoms with Crippen molar-refractivity contribution in [2.75, 3.05) is 11.5 Å². The molecule has 0 aromatic rings. The molecule has 0 saturated heterocycles. The third-order valence-corrected chi connectivity index (χ3v) is 5.99. The van der Waals surface area contributed by atoms with Crippen LogP contribution in [0.4, 0.5) is 0 Å². The number of carboxylic acid groups (broad SMARTS) is 2. The molecular formula is C23H35NO5S. The first-order valence-electron chi connectivity index (χ1n) is 10.4. The molecular weight excluding hydrogens is 402 g/mol. The predicted molar refractivity (Wildman–Crippen MR) is 122 cm³/mol. The molecule has 0 bridgehead atoms. The quantitative estimate of drug-likeness (QED) is 0.274. The van der Waals surface area contributed by atoms with Crippen LogP contribution in [-0.2, 0) is 14.4 Å². The number of hydrogen-bond acceptors (Lipinski definition) is 4. The van der Waals surface area contributed by atoms with Gasteiger partial charge in [-0.15, -0.1) is 0 Å². The summed E-state index contributed by atoms with van der Waals surface area (Å²) in [6.07, 6.45) is 11.0. The lowest BCUT2D eigenvalue weighted by Gasteiger charge is -2.13. The van der Waals surface area contributed by atoms with Gasteiger partial charge in [-0.3, -0.25) is 9.59 Å². The number of allylic oxidation sites excluding steroid dienone is 5. The van der Waals surface area contributed by atoms with Gasteiger partial charge in [0, 0.05) is 11.5 Å². The Bertz CT molecular complexity index is 706. The van der Waals surface area contributed by atoms with Gasteiger partial charge >= 0.3 is 11.9 Å². The zero-order valence-corrected chi connectivity index (χ0v) is 19.3. The van der Waals surface area contributed by atoms with E-state index in [1.807, 2.05) is 0 Å². The molecule has 0 aromatic heterocycles. The molecule has 1 aliphatic carbocycles. The molecule has 1 amide bonds. The number of carbonyl (C=O) groups excluding carboxylic acids is 1. The Morgan fingerprint density at radius 2 is 1.57 bits per heavy atom. The molecule has 168 valence electrons. The minimum Gasteiger partial charge on any atom is -0.481 e. The van der Waals surface area contributed by atoms with Gasteiger partial charge in [-0.2, -0.15) is 11.8 Å². The minimum atomic E-state index is -1.10. The first kappa shape index (κ1) is 26.0. The van der Waals surface area contributed by atoms with Crippen molar-refractivity contribution >= 4 is 29.6 Å². The topological polar surface area (TPSA) is 104 Å². The summed E-state index contributed by atoms with van der Waals surface area (Å²) in [4.78, 5) is 34.2. The van der Waals surface area contributed by atoms with Crippen LogP contribution in [0.25, 0.3) is 0 Å². The number of hydrogen-bond donors (Lipinski definition) is 3. The highest BCUT2D eigenvalue weighted by molar-refractivity contribution is 7.99. The maximum absolute atomic E-state index is 12.0. The fraction of sp³-hybridized carbons (Fsp3) is 0.609. The van der Waals surface area contributed by atoms with E-state index in [4.69, 9.17) is 5.11 Å². The lowest BCUT2D eigenvalue weighted by Crippen LogP contribution is -2.43. The summed E-state index contributed by atoms with van der Waals surface area (Å²) in [6, 6.07) is -1.00. The van der Waals surface area contributed by atoms with Crippen LogP contribution in [0.15, 0.2) is 34.9 Å². The van der Waals surface area contributed by atoms with E-state index in [2.05, 4.69) is 51.2 Å². The molecule has 0 aliphatic heterocycles. The number of aliphatic carboxylic acids is 2. The van der Waals surface area contributed by atoms with Crippen LogP contribution in [0, 0.1) is 11.8 Å². The number of carbonyl (C=O) groups is 3. The Kier molecular flexibility index (Phi) is 11.5. The van der Waals surface area contributed by atoms with Crippen molar-refractivity contribution in [1.29, 1.82) is 0 Å². The van der Waals surface area contributed by atoms with Crippen LogP contribution < -0.4 is 5.32 Å². The third kappa shape index (κ3) is 10.7. The van der Waals surface area contributed by atoms with Crippen LogP contribution in [0.3, 0.4) is 0 Å². The Hall–Kier alpha value is -2.02. The van der Waals surface area contributed by atoms with Crippen molar-refractivity contribution in [3.63, 3.8) is 0 Å². The van der Waals surface area contributed by atoms with Crippen LogP contribution >= 0.6 is 11.8 Å². The zero-order chi connectivity index (χ0) is 22.7. The van der Waals surface area contributed by atoms with Gasteiger partial charge in [0.15, 0.2) is 0 Å². The smallest absolute Gasteiger partial charge is 0.327 e. The van der Waals surface area contributed by atoms with Crippen molar-refractivity contribution in [3.05, 3.63) is 34.9 Å². The van der Waals surface area contributed by atoms with Crippen LogP contribution in [0.1, 0.15) is 59.8 Å². The Labute approximate surface area is 183 Å². The van der Waals surface area contributed by atoms with Gasteiger partial charge in [0.25, 0.3) is 0 Å². The second kappa shape index (κ2) is 13.3. The monoisotopic (exact) mass is 437 g/mol. The summed E-state index contributed by atoms with van der Waals surface area (Å²) >= 11 is 1.44. The summed E-state index contributed by atoms with van der Waals surface area (Å²) in [6.45, 7) is 8.45. The van der Waals surface area contributed by atoms with Crippen molar-refractivity contribution in [2.24, 2.45) is 11.8 Å². The predicted octanol–water partition coefficient (Wildman–Crippen LogP) is 4.43. The van der Waals surface area contributed by atoms with E-state index in [-0.39, 0.29) is 12.2 Å². The van der Waals surface area contributed by atoms with E-state index in [1.165, 1.54) is 28.5 Å². The third-order valence-electron chi connectivity index (χ3n) is 5.02. The van der Waals surface area contributed by atoms with Gasteiger partial charge in [-0.1, -0.05) is 34.9 Å². The van der Waals surface area contributed by atoms with Crippen LogP contribution in [-0.4, -0.2) is 45.6 Å². The van der Waals surface area contributed by atoms with Crippen molar-refractivity contribution < 1.29 is 24.6 Å². The normalized spacial score (nSPS) is 19.7. The van der Waals surface area contributed by atoms with Gasteiger partial charge in [0.05, 0.1) is 11.8 Å². The molecule has 30 heavy (non-hydrogen) atoms. The number of nitrogens with one attached hydrogen (secondary N) is 1. The van der Waals surface area contributed by atoms with E-state index in [0.717, 1.165) is 25.7 Å². The van der Waals surface area contributed by atoms with Gasteiger partial charge in [-0.05, 0) is 59.8 Å². The van der Waals surface area contributed by atoms with Gasteiger partial charge in [0.1, 0.15) is 6.04 Å². The van der Waals surface area contributed by atoms with Crippen LogP contribution in [0.2, 0.25) is 0 Å². The van der Waals surface area contributed by atoms with Crippen molar-refractivity contribution in [2.45, 2.75) is 65.8 Å². The summed E-state index contributed by atoms with van der Waals surface area (Å²) < 4.78 is 0. The first-order chi connectivity index (χ1) is 14.1. The van der Waals surface area contributed by atoms with Gasteiger partial charge < -0.3 is 15.5 Å². The lowest BCUT2D eigenvalue weighted by molar-refractivity contribution is -0.142. The molecule has 1 unspecified atom stereocenters. The molecule has 0 aromatic carbocycles. The van der Waals surface area contributed by atoms with Crippen molar-refractivity contribution in [3.8, 4) is 0 Å². The highest BCUT2D eigenvalue weighted by Gasteiger charge is 2.48. The van der Waals surface area contributed by atoms with Gasteiger partial charge in [-0.25, -0.2) is 4.79 Å². The molecule has 0 radical (unpaired) electrons. The molecule has 1 fully saturated rings. The number of carboxylic acids is 2. The molecule has 6 nitrogen and oxygen atoms in total. The van der Waals surface area contributed by atoms with Crippen LogP contribution in [0.5, 0.6) is 0 Å². The molecule has 0 heterocycles. The zero-order valence-electron chi connectivity index (χ0n) is 18.4. The maximum atomic E-state index is 12.0. The number of amides is 1. The van der Waals surface area contributed by atoms with Gasteiger partial charge in [0.2, 0.25) is 5.91 Å². The fourth-order valence-corrected chi connectivity index (χ4v) is 3.94. The Morgan fingerprint density at radius 1 is 0.967 bits per heavy atom. The highest BCUT2D eigenvalue weighted by Crippen LogP contribution is 2.38. The molecule has 7 heteroatoms. The summed E-state index contributed by atoms with van der Waals surface area (Å²) in [5, 5.41) is 20.6. The molecule has 1 aliphatic rings. The Morgan fingerprint density at radius 3 is 2.10 bits per heavy atom. The molecule has 1 saturated carbocycles. The van der Waals surface area contributed by atoms with Crippen molar-refractivity contribution in [1.82, 2.24) is 5.32 Å². The highest BCUT2D eigenvalue weighted by atomic mass is 32.2. The SMILES string of the molecule is CC(C)=CCC/C(C)=C/CC/C(C)=C/CSC[C@H](NC(=O)[C@H]1CC1C(=O)O)C(=O)O. The first-order valence-corrected chi connectivity index (χ1v) is 11.6. The van der Waals surface area contributed by atoms with E-state index in [0.29, 0.717) is 5.75 Å². The largest absolute Gasteiger partial charge is 0.481 e.